The van der Waals surface area contributed by atoms with Crippen LogP contribution in [0, 0.1) is 0 Å². The van der Waals surface area contributed by atoms with E-state index in [0.29, 0.717) is 17.2 Å². The standard InChI is InChI=1S/C36H42O3/c1-34(2,3)25-13-10-16-28(19-25)37-31-22-32(38-29-17-11-14-26(20-29)35(4,5)6)24-33(23-31)39-30-18-12-15-27(21-30)36(7,8)9/h10-24H,1-9H3. The first-order valence-corrected chi connectivity index (χ1v) is 13.7. The summed E-state index contributed by atoms with van der Waals surface area (Å²) in [5, 5.41) is 0. The van der Waals surface area contributed by atoms with E-state index in [1.165, 1.54) is 16.7 Å². The molecule has 0 saturated heterocycles. The molecule has 0 radical (unpaired) electrons. The molecule has 0 fully saturated rings. The van der Waals surface area contributed by atoms with E-state index in [0.717, 1.165) is 17.2 Å². The van der Waals surface area contributed by atoms with Gasteiger partial charge in [-0.1, -0.05) is 98.7 Å². The van der Waals surface area contributed by atoms with E-state index >= 15 is 0 Å². The summed E-state index contributed by atoms with van der Waals surface area (Å²) in [5.41, 5.74) is 3.70. The van der Waals surface area contributed by atoms with Gasteiger partial charge in [-0.05, 0) is 69.3 Å². The molecule has 0 bridgehead atoms. The Morgan fingerprint density at radius 2 is 0.590 bits per heavy atom. The van der Waals surface area contributed by atoms with Crippen molar-refractivity contribution < 1.29 is 14.2 Å². The number of hydrogen-bond acceptors (Lipinski definition) is 3. The van der Waals surface area contributed by atoms with Crippen LogP contribution in [0.25, 0.3) is 0 Å². The van der Waals surface area contributed by atoms with Gasteiger partial charge in [0.25, 0.3) is 0 Å². The van der Waals surface area contributed by atoms with Crippen LogP contribution in [0.3, 0.4) is 0 Å². The quantitative estimate of drug-likeness (QED) is 0.252. The molecule has 0 saturated carbocycles. The highest BCUT2D eigenvalue weighted by molar-refractivity contribution is 5.48. The minimum absolute atomic E-state index is 0.0226. The lowest BCUT2D eigenvalue weighted by Gasteiger charge is -2.21. The Balaban J connectivity index is 1.70. The topological polar surface area (TPSA) is 27.7 Å². The van der Waals surface area contributed by atoms with Gasteiger partial charge >= 0.3 is 0 Å². The van der Waals surface area contributed by atoms with E-state index < -0.39 is 0 Å². The minimum Gasteiger partial charge on any atom is -0.457 e. The number of ether oxygens (including phenoxy) is 3. The molecular weight excluding hydrogens is 480 g/mol. The first-order chi connectivity index (χ1) is 18.2. The molecule has 4 aromatic carbocycles. The highest BCUT2D eigenvalue weighted by Gasteiger charge is 2.17. The second kappa shape index (κ2) is 10.8. The molecular formula is C36H42O3. The van der Waals surface area contributed by atoms with Crippen molar-refractivity contribution in [3.05, 3.63) is 108 Å². The summed E-state index contributed by atoms with van der Waals surface area (Å²) in [4.78, 5) is 0. The fraction of sp³-hybridized carbons (Fsp3) is 0.333. The smallest absolute Gasteiger partial charge is 0.134 e. The molecule has 0 aromatic heterocycles. The average molecular weight is 523 g/mol. The van der Waals surface area contributed by atoms with Crippen LogP contribution in [-0.2, 0) is 16.2 Å². The highest BCUT2D eigenvalue weighted by Crippen LogP contribution is 2.38. The van der Waals surface area contributed by atoms with Crippen LogP contribution in [0.5, 0.6) is 34.5 Å². The minimum atomic E-state index is 0.0226. The van der Waals surface area contributed by atoms with E-state index in [2.05, 4.69) is 98.7 Å². The molecule has 3 heteroatoms. The third-order valence-corrected chi connectivity index (χ3v) is 6.66. The van der Waals surface area contributed by atoms with Crippen molar-refractivity contribution in [2.24, 2.45) is 0 Å². The van der Waals surface area contributed by atoms with Crippen LogP contribution >= 0.6 is 0 Å². The van der Waals surface area contributed by atoms with Gasteiger partial charge < -0.3 is 14.2 Å². The summed E-state index contributed by atoms with van der Waals surface area (Å²) >= 11 is 0. The summed E-state index contributed by atoms with van der Waals surface area (Å²) in [5.74, 6) is 4.26. The fourth-order valence-electron chi connectivity index (χ4n) is 4.21. The van der Waals surface area contributed by atoms with E-state index in [1.807, 2.05) is 54.6 Å². The van der Waals surface area contributed by atoms with Crippen LogP contribution in [0.4, 0.5) is 0 Å². The Hall–Kier alpha value is -3.72. The Kier molecular flexibility index (Phi) is 7.84. The molecule has 0 atom stereocenters. The van der Waals surface area contributed by atoms with Crippen LogP contribution in [0.15, 0.2) is 91.0 Å². The average Bonchev–Trinajstić information content (AvgIpc) is 2.83. The summed E-state index contributed by atoms with van der Waals surface area (Å²) in [6, 6.07) is 30.4. The molecule has 0 N–H and O–H groups in total. The second-order valence-corrected chi connectivity index (χ2v) is 13.3. The van der Waals surface area contributed by atoms with Crippen LogP contribution in [0.2, 0.25) is 0 Å². The highest BCUT2D eigenvalue weighted by atomic mass is 16.5. The van der Waals surface area contributed by atoms with Crippen molar-refractivity contribution in [2.45, 2.75) is 78.6 Å². The third kappa shape index (κ3) is 7.66. The van der Waals surface area contributed by atoms with Gasteiger partial charge in [0.05, 0.1) is 0 Å². The lowest BCUT2D eigenvalue weighted by molar-refractivity contribution is 0.437. The van der Waals surface area contributed by atoms with E-state index in [4.69, 9.17) is 14.2 Å². The summed E-state index contributed by atoms with van der Waals surface area (Å²) in [6.07, 6.45) is 0. The molecule has 4 rings (SSSR count). The third-order valence-electron chi connectivity index (χ3n) is 6.66. The zero-order valence-electron chi connectivity index (χ0n) is 24.9. The predicted molar refractivity (Wildman–Crippen MR) is 162 cm³/mol. The SMILES string of the molecule is CC(C)(C)c1cccc(Oc2cc(Oc3cccc(C(C)(C)C)c3)cc(Oc3cccc(C(C)(C)C)c3)c2)c1. The molecule has 3 nitrogen and oxygen atoms in total. The number of benzene rings is 4. The zero-order chi connectivity index (χ0) is 28.4. The van der Waals surface area contributed by atoms with Crippen molar-refractivity contribution in [1.29, 1.82) is 0 Å². The largest absolute Gasteiger partial charge is 0.457 e. The molecule has 204 valence electrons. The molecule has 0 unspecified atom stereocenters. The molecule has 0 aliphatic carbocycles. The number of hydrogen-bond donors (Lipinski definition) is 0. The van der Waals surface area contributed by atoms with Crippen molar-refractivity contribution in [1.82, 2.24) is 0 Å². The molecule has 4 aromatic rings. The molecule has 0 spiro atoms. The summed E-state index contributed by atoms with van der Waals surface area (Å²) in [6.45, 7) is 19.8. The van der Waals surface area contributed by atoms with Gasteiger partial charge in [-0.3, -0.25) is 0 Å². The maximum absolute atomic E-state index is 6.37. The maximum Gasteiger partial charge on any atom is 0.134 e. The Morgan fingerprint density at radius 3 is 0.821 bits per heavy atom. The van der Waals surface area contributed by atoms with Crippen LogP contribution in [-0.4, -0.2) is 0 Å². The molecule has 39 heavy (non-hydrogen) atoms. The Labute approximate surface area is 234 Å². The lowest BCUT2D eigenvalue weighted by atomic mass is 9.87. The van der Waals surface area contributed by atoms with E-state index in [9.17, 15) is 0 Å². The maximum atomic E-state index is 6.37. The van der Waals surface area contributed by atoms with E-state index in [-0.39, 0.29) is 16.2 Å². The van der Waals surface area contributed by atoms with Gasteiger partial charge in [0.2, 0.25) is 0 Å². The van der Waals surface area contributed by atoms with Gasteiger partial charge in [-0.15, -0.1) is 0 Å². The van der Waals surface area contributed by atoms with Gasteiger partial charge in [-0.2, -0.15) is 0 Å². The van der Waals surface area contributed by atoms with Crippen LogP contribution in [0.1, 0.15) is 79.0 Å². The van der Waals surface area contributed by atoms with Crippen molar-refractivity contribution in [3.63, 3.8) is 0 Å². The normalized spacial score (nSPS) is 12.2. The summed E-state index contributed by atoms with van der Waals surface area (Å²) in [7, 11) is 0. The lowest BCUT2D eigenvalue weighted by Crippen LogP contribution is -2.10. The molecule has 0 amide bonds. The zero-order valence-corrected chi connectivity index (χ0v) is 24.9. The van der Waals surface area contributed by atoms with Crippen molar-refractivity contribution in [2.75, 3.05) is 0 Å². The van der Waals surface area contributed by atoms with Gasteiger partial charge in [0.1, 0.15) is 34.5 Å². The molecule has 0 heterocycles. The predicted octanol–water partition coefficient (Wildman–Crippen LogP) is 11.0. The van der Waals surface area contributed by atoms with Gasteiger partial charge in [-0.25, -0.2) is 0 Å². The Morgan fingerprint density at radius 1 is 0.333 bits per heavy atom. The number of rotatable bonds is 6. The van der Waals surface area contributed by atoms with Crippen molar-refractivity contribution in [3.8, 4) is 34.5 Å². The second-order valence-electron chi connectivity index (χ2n) is 13.3. The van der Waals surface area contributed by atoms with Crippen LogP contribution < -0.4 is 14.2 Å². The molecule has 0 aliphatic rings. The monoisotopic (exact) mass is 522 g/mol. The first kappa shape index (κ1) is 28.3. The van der Waals surface area contributed by atoms with E-state index in [1.54, 1.807) is 0 Å². The summed E-state index contributed by atoms with van der Waals surface area (Å²) < 4.78 is 19.1. The van der Waals surface area contributed by atoms with Gasteiger partial charge in [0.15, 0.2) is 0 Å². The fourth-order valence-corrected chi connectivity index (χ4v) is 4.21. The Bertz CT molecular complexity index is 1240. The van der Waals surface area contributed by atoms with Crippen molar-refractivity contribution >= 4 is 0 Å². The van der Waals surface area contributed by atoms with Gasteiger partial charge in [0, 0.05) is 18.2 Å². The first-order valence-electron chi connectivity index (χ1n) is 13.7. The molecule has 0 aliphatic heterocycles.